The van der Waals surface area contributed by atoms with Crippen LogP contribution in [-0.4, -0.2) is 52.6 Å². The van der Waals surface area contributed by atoms with Crippen LogP contribution >= 0.6 is 23.1 Å². The van der Waals surface area contributed by atoms with Crippen LogP contribution in [0, 0.1) is 11.7 Å². The summed E-state index contributed by atoms with van der Waals surface area (Å²) in [5.74, 6) is -1.29. The third-order valence-electron chi connectivity index (χ3n) is 5.22. The molecule has 1 fully saturated rings. The molecule has 1 aliphatic carbocycles. The second kappa shape index (κ2) is 7.41. The second-order valence-electron chi connectivity index (χ2n) is 7.51. The summed E-state index contributed by atoms with van der Waals surface area (Å²) in [6, 6.07) is 3.56. The molecule has 0 radical (unpaired) electrons. The number of H-pyrrole nitrogens is 1. The highest BCUT2D eigenvalue weighted by atomic mass is 32.2. The van der Waals surface area contributed by atoms with Gasteiger partial charge in [-0.2, -0.15) is 5.10 Å². The van der Waals surface area contributed by atoms with Gasteiger partial charge in [0, 0.05) is 25.0 Å². The molecule has 160 valence electrons. The molecule has 3 aromatic heterocycles. The van der Waals surface area contributed by atoms with E-state index in [1.165, 1.54) is 23.1 Å². The number of fused-ring (bicyclic) bond motifs is 2. The Bertz CT molecular complexity index is 1330. The number of rotatable bonds is 5. The number of thioether (sulfide) groups is 1. The van der Waals surface area contributed by atoms with Crippen molar-refractivity contribution in [3.63, 3.8) is 0 Å². The number of pyridine rings is 1. The minimum Gasteiger partial charge on any atom is -0.374 e. The van der Waals surface area contributed by atoms with Crippen LogP contribution in [0.3, 0.4) is 0 Å². The predicted molar refractivity (Wildman–Crippen MR) is 120 cm³/mol. The molecule has 0 saturated heterocycles. The highest BCUT2D eigenvalue weighted by molar-refractivity contribution is 7.98. The molecule has 1 amide bonds. The van der Waals surface area contributed by atoms with Crippen molar-refractivity contribution in [2.24, 2.45) is 5.92 Å². The molecular formula is C20H18F2N6OS2. The first-order valence-corrected chi connectivity index (χ1v) is 11.6. The van der Waals surface area contributed by atoms with Crippen LogP contribution in [0.5, 0.6) is 0 Å². The van der Waals surface area contributed by atoms with E-state index in [0.29, 0.717) is 42.8 Å². The van der Waals surface area contributed by atoms with Crippen molar-refractivity contribution in [3.8, 4) is 11.3 Å². The number of hydrogen-bond acceptors (Lipinski definition) is 7. The Morgan fingerprint density at radius 3 is 2.81 bits per heavy atom. The quantitative estimate of drug-likeness (QED) is 0.428. The first kappa shape index (κ1) is 20.1. The van der Waals surface area contributed by atoms with E-state index < -0.39 is 12.1 Å². The fourth-order valence-corrected chi connectivity index (χ4v) is 5.15. The van der Waals surface area contributed by atoms with Crippen molar-refractivity contribution in [1.82, 2.24) is 20.2 Å². The SMILES string of the molecule is CSc1c(F)c(N(C)C)c2[nH]ncc2c1-c1ccc2nc(NC(=O)[C@@H]3C[C@@H]3F)sc2n1. The van der Waals surface area contributed by atoms with Gasteiger partial charge in [0.15, 0.2) is 10.9 Å². The molecule has 1 aromatic carbocycles. The third kappa shape index (κ3) is 3.32. The van der Waals surface area contributed by atoms with Gasteiger partial charge in [0.25, 0.3) is 0 Å². The number of anilines is 2. The van der Waals surface area contributed by atoms with Gasteiger partial charge >= 0.3 is 0 Å². The zero-order valence-corrected chi connectivity index (χ0v) is 18.5. The molecule has 0 spiro atoms. The number of thiazole rings is 1. The number of carbonyl (C=O) groups is 1. The van der Waals surface area contributed by atoms with E-state index in [1.54, 1.807) is 37.3 Å². The van der Waals surface area contributed by atoms with Gasteiger partial charge in [0.2, 0.25) is 5.91 Å². The number of aromatic nitrogens is 4. The summed E-state index contributed by atoms with van der Waals surface area (Å²) in [5.41, 5.74) is 2.88. The summed E-state index contributed by atoms with van der Waals surface area (Å²) in [5, 5.41) is 10.8. The van der Waals surface area contributed by atoms with Gasteiger partial charge in [-0.05, 0) is 24.8 Å². The predicted octanol–water partition coefficient (Wildman–Crippen LogP) is 4.46. The number of halogens is 2. The van der Waals surface area contributed by atoms with Crippen LogP contribution in [0.25, 0.3) is 32.5 Å². The van der Waals surface area contributed by atoms with Gasteiger partial charge in [-0.25, -0.2) is 18.7 Å². The minimum atomic E-state index is -1.07. The van der Waals surface area contributed by atoms with E-state index in [2.05, 4.69) is 20.5 Å². The fourth-order valence-electron chi connectivity index (χ4n) is 3.61. The van der Waals surface area contributed by atoms with E-state index in [0.717, 1.165) is 5.39 Å². The summed E-state index contributed by atoms with van der Waals surface area (Å²) in [4.78, 5) is 23.9. The lowest BCUT2D eigenvalue weighted by Gasteiger charge is -2.19. The number of nitrogens with one attached hydrogen (secondary N) is 2. The van der Waals surface area contributed by atoms with Crippen LogP contribution in [-0.2, 0) is 4.79 Å². The average Bonchev–Trinajstić information content (AvgIpc) is 3.11. The topological polar surface area (TPSA) is 86.8 Å². The molecule has 7 nitrogen and oxygen atoms in total. The van der Waals surface area contributed by atoms with Gasteiger partial charge in [-0.1, -0.05) is 11.3 Å². The number of alkyl halides is 1. The number of carbonyl (C=O) groups excluding carboxylic acids is 1. The van der Waals surface area contributed by atoms with Gasteiger partial charge in [-0.15, -0.1) is 11.8 Å². The lowest BCUT2D eigenvalue weighted by Crippen LogP contribution is -2.14. The maximum atomic E-state index is 15.4. The van der Waals surface area contributed by atoms with Gasteiger partial charge in [-0.3, -0.25) is 9.89 Å². The third-order valence-corrected chi connectivity index (χ3v) is 6.89. The van der Waals surface area contributed by atoms with E-state index in [-0.39, 0.29) is 18.1 Å². The van der Waals surface area contributed by atoms with Crippen LogP contribution in [0.1, 0.15) is 6.42 Å². The van der Waals surface area contributed by atoms with Crippen LogP contribution in [0.2, 0.25) is 0 Å². The lowest BCUT2D eigenvalue weighted by atomic mass is 10.0. The van der Waals surface area contributed by atoms with Crippen LogP contribution < -0.4 is 10.2 Å². The van der Waals surface area contributed by atoms with Crippen molar-refractivity contribution in [1.29, 1.82) is 0 Å². The maximum absolute atomic E-state index is 15.4. The molecule has 1 aliphatic rings. The molecule has 31 heavy (non-hydrogen) atoms. The number of benzene rings is 1. The summed E-state index contributed by atoms with van der Waals surface area (Å²) >= 11 is 2.51. The van der Waals surface area contributed by atoms with Crippen LogP contribution in [0.4, 0.5) is 19.6 Å². The van der Waals surface area contributed by atoms with Crippen molar-refractivity contribution in [2.45, 2.75) is 17.5 Å². The molecule has 1 saturated carbocycles. The monoisotopic (exact) mass is 460 g/mol. The molecule has 2 N–H and O–H groups in total. The average molecular weight is 461 g/mol. The lowest BCUT2D eigenvalue weighted by molar-refractivity contribution is -0.117. The molecule has 2 atom stereocenters. The highest BCUT2D eigenvalue weighted by Gasteiger charge is 2.43. The van der Waals surface area contributed by atoms with Crippen molar-refractivity contribution in [2.75, 3.05) is 30.6 Å². The Hall–Kier alpha value is -2.79. The van der Waals surface area contributed by atoms with E-state index >= 15 is 4.39 Å². The number of hydrogen-bond donors (Lipinski definition) is 2. The summed E-state index contributed by atoms with van der Waals surface area (Å²) in [7, 11) is 3.57. The molecule has 0 bridgehead atoms. The standard InChI is InChI=1S/C20H18F2N6OS2/c1-28(2)16-14(22)17(30-3)13(9-7-23-27-15(9)16)11-4-5-12-19(24-11)31-20(25-12)26-18(29)8-6-10(8)21/h4-5,7-8,10H,6H2,1-3H3,(H,23,27)(H,25,26,29)/t8-,10+/m1/s1. The first-order valence-electron chi connectivity index (χ1n) is 9.51. The molecule has 3 heterocycles. The molecule has 0 aliphatic heterocycles. The van der Waals surface area contributed by atoms with E-state index in [4.69, 9.17) is 4.98 Å². The summed E-state index contributed by atoms with van der Waals surface area (Å²) in [6.07, 6.45) is 2.68. The molecule has 4 aromatic rings. The van der Waals surface area contributed by atoms with Crippen molar-refractivity contribution >= 4 is 61.1 Å². The first-order chi connectivity index (χ1) is 14.9. The summed E-state index contributed by atoms with van der Waals surface area (Å²) in [6.45, 7) is 0. The number of aromatic amines is 1. The zero-order valence-electron chi connectivity index (χ0n) is 16.9. The molecule has 5 rings (SSSR count). The maximum Gasteiger partial charge on any atom is 0.232 e. The molecular weight excluding hydrogens is 442 g/mol. The van der Waals surface area contributed by atoms with Gasteiger partial charge in [0.05, 0.1) is 33.9 Å². The van der Waals surface area contributed by atoms with E-state index in [9.17, 15) is 9.18 Å². The molecule has 0 unspecified atom stereocenters. The normalized spacial score (nSPS) is 18.0. The minimum absolute atomic E-state index is 0.256. The number of amides is 1. The van der Waals surface area contributed by atoms with Crippen molar-refractivity contribution < 1.29 is 13.6 Å². The molecule has 11 heteroatoms. The van der Waals surface area contributed by atoms with Gasteiger partial charge in [0.1, 0.15) is 16.5 Å². The zero-order chi connectivity index (χ0) is 21.9. The van der Waals surface area contributed by atoms with Gasteiger partial charge < -0.3 is 10.2 Å². The van der Waals surface area contributed by atoms with Crippen LogP contribution in [0.15, 0.2) is 23.2 Å². The van der Waals surface area contributed by atoms with E-state index in [1.807, 2.05) is 6.26 Å². The Morgan fingerprint density at radius 1 is 1.35 bits per heavy atom. The Morgan fingerprint density at radius 2 is 2.13 bits per heavy atom. The number of nitrogens with zero attached hydrogens (tertiary/aromatic N) is 4. The Labute approximate surface area is 184 Å². The summed E-state index contributed by atoms with van der Waals surface area (Å²) < 4.78 is 28.5. The Balaban J connectivity index is 1.61. The van der Waals surface area contributed by atoms with Crippen molar-refractivity contribution in [3.05, 3.63) is 24.1 Å². The second-order valence-corrected chi connectivity index (χ2v) is 9.31. The smallest absolute Gasteiger partial charge is 0.232 e. The fraction of sp³-hybridized carbons (Fsp3) is 0.300. The largest absolute Gasteiger partial charge is 0.374 e. The Kier molecular flexibility index (Phi) is 4.82. The highest BCUT2D eigenvalue weighted by Crippen LogP contribution is 2.43.